The average Bonchev–Trinajstić information content (AvgIpc) is 1.91. The first-order valence-corrected chi connectivity index (χ1v) is 3.46. The first-order valence-electron chi connectivity index (χ1n) is 3.46. The van der Waals surface area contributed by atoms with Crippen molar-refractivity contribution in [2.24, 2.45) is 5.92 Å². The van der Waals surface area contributed by atoms with E-state index in [4.69, 9.17) is 0 Å². The van der Waals surface area contributed by atoms with Crippen molar-refractivity contribution >= 4 is 0 Å². The van der Waals surface area contributed by atoms with Crippen LogP contribution in [0.5, 0.6) is 0 Å². The Morgan fingerprint density at radius 1 is 1.67 bits per heavy atom. The highest BCUT2D eigenvalue weighted by atomic mass is 14.1. The van der Waals surface area contributed by atoms with Crippen molar-refractivity contribution in [1.29, 1.82) is 0 Å². The van der Waals surface area contributed by atoms with Gasteiger partial charge in [-0.25, -0.2) is 0 Å². The molecule has 0 nitrogen and oxygen atoms in total. The summed E-state index contributed by atoms with van der Waals surface area (Å²) in [6.45, 7) is 3.54. The normalized spacial score (nSPS) is 25.1. The van der Waals surface area contributed by atoms with Crippen LogP contribution < -0.4 is 0 Å². The van der Waals surface area contributed by atoms with E-state index in [0.717, 1.165) is 0 Å². The SMILES string of the molecule is C=C=CC1C=CCCC1. The molecule has 1 rings (SSSR count). The summed E-state index contributed by atoms with van der Waals surface area (Å²) in [7, 11) is 0. The molecule has 0 heterocycles. The minimum atomic E-state index is 0.622. The van der Waals surface area contributed by atoms with Crippen molar-refractivity contribution in [3.63, 3.8) is 0 Å². The zero-order valence-electron chi connectivity index (χ0n) is 5.64. The molecule has 0 amide bonds. The first-order chi connectivity index (χ1) is 4.43. The van der Waals surface area contributed by atoms with E-state index in [9.17, 15) is 0 Å². The van der Waals surface area contributed by atoms with Gasteiger partial charge in [0.25, 0.3) is 0 Å². The fraction of sp³-hybridized carbons (Fsp3) is 0.444. The van der Waals surface area contributed by atoms with Crippen molar-refractivity contribution in [3.05, 3.63) is 30.5 Å². The van der Waals surface area contributed by atoms with Gasteiger partial charge in [0.15, 0.2) is 0 Å². The van der Waals surface area contributed by atoms with Gasteiger partial charge in [-0.1, -0.05) is 18.7 Å². The summed E-state index contributed by atoms with van der Waals surface area (Å²) in [5.74, 6) is 0.622. The Labute approximate surface area is 56.6 Å². The van der Waals surface area contributed by atoms with Gasteiger partial charge in [-0.15, -0.1) is 5.73 Å². The zero-order valence-corrected chi connectivity index (χ0v) is 5.64. The molecule has 0 radical (unpaired) electrons. The van der Waals surface area contributed by atoms with E-state index in [0.29, 0.717) is 5.92 Å². The maximum Gasteiger partial charge on any atom is 0.00223 e. The van der Waals surface area contributed by atoms with Gasteiger partial charge in [0.2, 0.25) is 0 Å². The van der Waals surface area contributed by atoms with Crippen LogP contribution in [0.15, 0.2) is 30.5 Å². The maximum absolute atomic E-state index is 3.54. The number of rotatable bonds is 1. The topological polar surface area (TPSA) is 0 Å². The van der Waals surface area contributed by atoms with Crippen LogP contribution in [0.1, 0.15) is 19.3 Å². The zero-order chi connectivity index (χ0) is 6.53. The van der Waals surface area contributed by atoms with E-state index in [2.05, 4.69) is 24.5 Å². The lowest BCUT2D eigenvalue weighted by Crippen LogP contribution is -1.95. The second-order valence-corrected chi connectivity index (χ2v) is 2.39. The van der Waals surface area contributed by atoms with Gasteiger partial charge in [-0.05, 0) is 25.3 Å². The lowest BCUT2D eigenvalue weighted by Gasteiger charge is -2.09. The summed E-state index contributed by atoms with van der Waals surface area (Å²) in [6.07, 6.45) is 10.4. The van der Waals surface area contributed by atoms with E-state index in [1.807, 2.05) is 6.08 Å². The van der Waals surface area contributed by atoms with Crippen molar-refractivity contribution in [3.8, 4) is 0 Å². The molecule has 1 aliphatic carbocycles. The average molecular weight is 120 g/mol. The minimum absolute atomic E-state index is 0.622. The van der Waals surface area contributed by atoms with Crippen molar-refractivity contribution in [2.75, 3.05) is 0 Å². The van der Waals surface area contributed by atoms with Gasteiger partial charge in [0.1, 0.15) is 0 Å². The second kappa shape index (κ2) is 3.32. The number of hydrogen-bond acceptors (Lipinski definition) is 0. The van der Waals surface area contributed by atoms with Gasteiger partial charge in [0, 0.05) is 5.92 Å². The van der Waals surface area contributed by atoms with E-state index in [1.165, 1.54) is 19.3 Å². The maximum atomic E-state index is 3.54. The van der Waals surface area contributed by atoms with E-state index in [-0.39, 0.29) is 0 Å². The van der Waals surface area contributed by atoms with E-state index < -0.39 is 0 Å². The molecule has 0 saturated carbocycles. The highest BCUT2D eigenvalue weighted by Crippen LogP contribution is 2.16. The lowest BCUT2D eigenvalue weighted by molar-refractivity contribution is 0.631. The smallest absolute Gasteiger partial charge is 0.00223 e. The molecule has 0 aromatic carbocycles. The first kappa shape index (κ1) is 6.38. The Kier molecular flexibility index (Phi) is 2.35. The molecule has 0 N–H and O–H groups in total. The van der Waals surface area contributed by atoms with Crippen LogP contribution in [0.2, 0.25) is 0 Å². The standard InChI is InChI=1S/C9H12/c1-2-6-9-7-4-3-5-8-9/h4,6-7,9H,1,3,5,8H2. The van der Waals surface area contributed by atoms with Crippen LogP contribution in [-0.4, -0.2) is 0 Å². The third-order valence-electron chi connectivity index (χ3n) is 1.62. The van der Waals surface area contributed by atoms with Crippen molar-refractivity contribution in [1.82, 2.24) is 0 Å². The Morgan fingerprint density at radius 3 is 3.11 bits per heavy atom. The quantitative estimate of drug-likeness (QED) is 0.368. The number of allylic oxidation sites excluding steroid dienone is 3. The largest absolute Gasteiger partial charge is 0.132 e. The van der Waals surface area contributed by atoms with Gasteiger partial charge in [-0.3, -0.25) is 0 Å². The summed E-state index contributed by atoms with van der Waals surface area (Å²) >= 11 is 0. The van der Waals surface area contributed by atoms with Crippen LogP contribution in [0.3, 0.4) is 0 Å². The van der Waals surface area contributed by atoms with E-state index in [1.54, 1.807) is 0 Å². The molecule has 1 atom stereocenters. The fourth-order valence-electron chi connectivity index (χ4n) is 1.13. The van der Waals surface area contributed by atoms with Gasteiger partial charge < -0.3 is 0 Å². The van der Waals surface area contributed by atoms with Gasteiger partial charge >= 0.3 is 0 Å². The third-order valence-corrected chi connectivity index (χ3v) is 1.62. The van der Waals surface area contributed by atoms with Crippen LogP contribution in [0.25, 0.3) is 0 Å². The van der Waals surface area contributed by atoms with Crippen molar-refractivity contribution in [2.45, 2.75) is 19.3 Å². The molecule has 48 valence electrons. The van der Waals surface area contributed by atoms with Crippen LogP contribution in [-0.2, 0) is 0 Å². The molecule has 0 aromatic rings. The summed E-state index contributed by atoms with van der Waals surface area (Å²) in [6, 6.07) is 0. The molecule has 1 aliphatic rings. The molecule has 9 heavy (non-hydrogen) atoms. The van der Waals surface area contributed by atoms with Crippen LogP contribution in [0.4, 0.5) is 0 Å². The van der Waals surface area contributed by atoms with Crippen LogP contribution in [0, 0.1) is 5.92 Å². The molecule has 1 unspecified atom stereocenters. The minimum Gasteiger partial charge on any atom is -0.132 e. The summed E-state index contributed by atoms with van der Waals surface area (Å²) in [4.78, 5) is 0. The monoisotopic (exact) mass is 120 g/mol. The van der Waals surface area contributed by atoms with Gasteiger partial charge in [0.05, 0.1) is 0 Å². The Hall–Kier alpha value is -0.740. The predicted octanol–water partition coefficient (Wildman–Crippen LogP) is 2.68. The highest BCUT2D eigenvalue weighted by Gasteiger charge is 2.02. The Balaban J connectivity index is 2.49. The fourth-order valence-corrected chi connectivity index (χ4v) is 1.13. The number of hydrogen-bond donors (Lipinski definition) is 0. The molecule has 0 saturated heterocycles. The van der Waals surface area contributed by atoms with Crippen molar-refractivity contribution < 1.29 is 0 Å². The second-order valence-electron chi connectivity index (χ2n) is 2.39. The lowest BCUT2D eigenvalue weighted by atomic mass is 9.96. The molecular weight excluding hydrogens is 108 g/mol. The third kappa shape index (κ3) is 1.91. The molecular formula is C9H12. The Bertz CT molecular complexity index is 147. The molecule has 0 spiro atoms. The molecule has 0 aromatic heterocycles. The van der Waals surface area contributed by atoms with E-state index >= 15 is 0 Å². The summed E-state index contributed by atoms with van der Waals surface area (Å²) in [5, 5.41) is 0. The summed E-state index contributed by atoms with van der Waals surface area (Å²) in [5.41, 5.74) is 2.81. The Morgan fingerprint density at radius 2 is 2.56 bits per heavy atom. The summed E-state index contributed by atoms with van der Waals surface area (Å²) < 4.78 is 0. The molecule has 0 heteroatoms. The predicted molar refractivity (Wildman–Crippen MR) is 40.2 cm³/mol. The molecule has 0 aliphatic heterocycles. The van der Waals surface area contributed by atoms with Gasteiger partial charge in [-0.2, -0.15) is 0 Å². The highest BCUT2D eigenvalue weighted by molar-refractivity contribution is 5.01. The molecule has 0 bridgehead atoms. The molecule has 0 fully saturated rings. The van der Waals surface area contributed by atoms with Crippen LogP contribution >= 0.6 is 0 Å².